The topological polar surface area (TPSA) is 58.2 Å². The summed E-state index contributed by atoms with van der Waals surface area (Å²) in [6.07, 6.45) is 1.09. The molecule has 2 N–H and O–H groups in total. The lowest BCUT2D eigenvalue weighted by molar-refractivity contribution is -0.121. The lowest BCUT2D eigenvalue weighted by Gasteiger charge is -2.12. The fraction of sp³-hybridized carbons (Fsp3) is 0.385. The van der Waals surface area contributed by atoms with Crippen LogP contribution in [0, 0.1) is 5.82 Å². The number of halogens is 2. The summed E-state index contributed by atoms with van der Waals surface area (Å²) in [6.45, 7) is 0.358. The first-order valence-electron chi connectivity index (χ1n) is 6.05. The first-order chi connectivity index (χ1) is 9.06. The molecule has 102 valence electrons. The maximum absolute atomic E-state index is 13.5. The predicted molar refractivity (Wildman–Crippen MR) is 69.3 cm³/mol. The van der Waals surface area contributed by atoms with E-state index in [1.807, 2.05) is 0 Å². The van der Waals surface area contributed by atoms with Crippen molar-refractivity contribution in [2.45, 2.75) is 25.3 Å². The van der Waals surface area contributed by atoms with Gasteiger partial charge in [-0.05, 0) is 18.6 Å². The third-order valence-electron chi connectivity index (χ3n) is 3.03. The summed E-state index contributed by atoms with van der Waals surface area (Å²) in [5.41, 5.74) is 0.192. The van der Waals surface area contributed by atoms with Crippen LogP contribution in [0.2, 0.25) is 5.02 Å². The fourth-order valence-electron chi connectivity index (χ4n) is 1.99. The number of rotatable bonds is 4. The van der Waals surface area contributed by atoms with Gasteiger partial charge < -0.3 is 10.6 Å². The molecule has 0 unspecified atom stereocenters. The minimum Gasteiger partial charge on any atom is -0.354 e. The van der Waals surface area contributed by atoms with Crippen molar-refractivity contribution >= 4 is 23.4 Å². The second kappa shape index (κ2) is 6.02. The van der Waals surface area contributed by atoms with Gasteiger partial charge >= 0.3 is 0 Å². The molecule has 4 nitrogen and oxygen atoms in total. The first kappa shape index (κ1) is 13.8. The highest BCUT2D eigenvalue weighted by Gasteiger charge is 2.21. The minimum atomic E-state index is -0.489. The summed E-state index contributed by atoms with van der Waals surface area (Å²) in [5.74, 6) is -0.804. The summed E-state index contributed by atoms with van der Waals surface area (Å²) in [5, 5.41) is 5.65. The van der Waals surface area contributed by atoms with Gasteiger partial charge in [-0.25, -0.2) is 4.39 Å². The highest BCUT2D eigenvalue weighted by atomic mass is 35.5. The highest BCUT2D eigenvalue weighted by Crippen LogP contribution is 2.19. The van der Waals surface area contributed by atoms with Crippen molar-refractivity contribution in [2.24, 2.45) is 0 Å². The van der Waals surface area contributed by atoms with Crippen molar-refractivity contribution in [3.8, 4) is 0 Å². The second-order valence-electron chi connectivity index (χ2n) is 4.48. The number of amides is 2. The van der Waals surface area contributed by atoms with Crippen LogP contribution in [0.25, 0.3) is 0 Å². The number of benzene rings is 1. The van der Waals surface area contributed by atoms with E-state index in [9.17, 15) is 14.0 Å². The molecule has 2 amide bonds. The molecule has 1 aliphatic rings. The Labute approximate surface area is 115 Å². The summed E-state index contributed by atoms with van der Waals surface area (Å²) in [6, 6.07) is 4.27. The summed E-state index contributed by atoms with van der Waals surface area (Å²) in [4.78, 5) is 22.7. The molecule has 1 aromatic rings. The quantitative estimate of drug-likeness (QED) is 0.878. The molecule has 1 atom stereocenters. The lowest BCUT2D eigenvalue weighted by Crippen LogP contribution is -2.39. The lowest BCUT2D eigenvalue weighted by atomic mass is 10.1. The third kappa shape index (κ3) is 3.67. The van der Waals surface area contributed by atoms with E-state index in [0.717, 1.165) is 0 Å². The van der Waals surface area contributed by atoms with Gasteiger partial charge in [0.05, 0.1) is 6.42 Å². The van der Waals surface area contributed by atoms with Gasteiger partial charge in [-0.3, -0.25) is 9.59 Å². The molecule has 2 rings (SSSR count). The van der Waals surface area contributed by atoms with Crippen molar-refractivity contribution in [3.05, 3.63) is 34.6 Å². The summed E-state index contributed by atoms with van der Waals surface area (Å²) >= 11 is 5.84. The van der Waals surface area contributed by atoms with Crippen molar-refractivity contribution in [1.29, 1.82) is 0 Å². The van der Waals surface area contributed by atoms with Crippen LogP contribution in [-0.2, 0) is 16.0 Å². The minimum absolute atomic E-state index is 0.00334. The van der Waals surface area contributed by atoms with E-state index in [-0.39, 0.29) is 34.9 Å². The van der Waals surface area contributed by atoms with Gasteiger partial charge in [0.2, 0.25) is 11.8 Å². The van der Waals surface area contributed by atoms with Crippen LogP contribution in [0.5, 0.6) is 0 Å². The maximum atomic E-state index is 13.5. The molecular weight excluding hydrogens is 271 g/mol. The van der Waals surface area contributed by atoms with Crippen LogP contribution in [0.1, 0.15) is 18.4 Å². The molecule has 0 aromatic heterocycles. The van der Waals surface area contributed by atoms with Crippen LogP contribution in [0.4, 0.5) is 4.39 Å². The first-order valence-corrected chi connectivity index (χ1v) is 6.43. The Morgan fingerprint density at radius 2 is 2.32 bits per heavy atom. The summed E-state index contributed by atoms with van der Waals surface area (Å²) in [7, 11) is 0. The molecular formula is C13H14ClFN2O2. The predicted octanol–water partition coefficient (Wildman–Crippen LogP) is 1.42. The van der Waals surface area contributed by atoms with Crippen LogP contribution in [0.3, 0.4) is 0 Å². The van der Waals surface area contributed by atoms with Crippen LogP contribution < -0.4 is 10.6 Å². The number of carbonyl (C=O) groups excluding carboxylic acids is 2. The number of hydrogen-bond donors (Lipinski definition) is 2. The molecule has 1 fully saturated rings. The molecule has 6 heteroatoms. The van der Waals surface area contributed by atoms with Gasteiger partial charge in [0.25, 0.3) is 0 Å². The monoisotopic (exact) mass is 284 g/mol. The Morgan fingerprint density at radius 1 is 1.53 bits per heavy atom. The Morgan fingerprint density at radius 3 is 2.95 bits per heavy atom. The Kier molecular flexibility index (Phi) is 4.37. The molecule has 1 aromatic carbocycles. The summed E-state index contributed by atoms with van der Waals surface area (Å²) < 4.78 is 13.5. The fourth-order valence-corrected chi connectivity index (χ4v) is 2.22. The largest absolute Gasteiger partial charge is 0.354 e. The van der Waals surface area contributed by atoms with E-state index >= 15 is 0 Å². The average molecular weight is 285 g/mol. The van der Waals surface area contributed by atoms with E-state index in [2.05, 4.69) is 10.6 Å². The van der Waals surface area contributed by atoms with E-state index in [1.165, 1.54) is 12.1 Å². The Hall–Kier alpha value is -1.62. The molecule has 1 heterocycles. The average Bonchev–Trinajstić information content (AvgIpc) is 2.77. The smallest absolute Gasteiger partial charge is 0.224 e. The van der Waals surface area contributed by atoms with Crippen molar-refractivity contribution in [2.75, 3.05) is 6.54 Å². The number of hydrogen-bond acceptors (Lipinski definition) is 2. The number of nitrogens with one attached hydrogen (secondary N) is 2. The molecule has 0 bridgehead atoms. The SMILES string of the molecule is O=C(Cc1c(F)cccc1Cl)NC[C@@H]1CCC(=O)N1. The molecule has 19 heavy (non-hydrogen) atoms. The Bertz CT molecular complexity index is 487. The van der Waals surface area contributed by atoms with Gasteiger partial charge in [-0.15, -0.1) is 0 Å². The van der Waals surface area contributed by atoms with E-state index < -0.39 is 5.82 Å². The van der Waals surface area contributed by atoms with Gasteiger partial charge in [0, 0.05) is 29.6 Å². The van der Waals surface area contributed by atoms with Gasteiger partial charge in [-0.1, -0.05) is 17.7 Å². The van der Waals surface area contributed by atoms with Crippen molar-refractivity contribution < 1.29 is 14.0 Å². The van der Waals surface area contributed by atoms with Crippen LogP contribution in [-0.4, -0.2) is 24.4 Å². The zero-order chi connectivity index (χ0) is 13.8. The second-order valence-corrected chi connectivity index (χ2v) is 4.89. The van der Waals surface area contributed by atoms with Crippen molar-refractivity contribution in [1.82, 2.24) is 10.6 Å². The van der Waals surface area contributed by atoms with Crippen LogP contribution in [0.15, 0.2) is 18.2 Å². The van der Waals surface area contributed by atoms with E-state index in [0.29, 0.717) is 19.4 Å². The maximum Gasteiger partial charge on any atom is 0.224 e. The standard InChI is InChI=1S/C13H14ClFN2O2/c14-10-2-1-3-11(15)9(10)6-13(19)16-7-8-4-5-12(18)17-8/h1-3,8H,4-7H2,(H,16,19)(H,17,18)/t8-/m0/s1. The molecule has 1 saturated heterocycles. The van der Waals surface area contributed by atoms with E-state index in [1.54, 1.807) is 6.07 Å². The number of carbonyl (C=O) groups is 2. The normalized spacial score (nSPS) is 18.2. The Balaban J connectivity index is 1.86. The zero-order valence-corrected chi connectivity index (χ0v) is 11.0. The molecule has 0 radical (unpaired) electrons. The van der Waals surface area contributed by atoms with Crippen molar-refractivity contribution in [3.63, 3.8) is 0 Å². The van der Waals surface area contributed by atoms with Gasteiger partial charge in [0.1, 0.15) is 5.82 Å². The molecule has 1 aliphatic heterocycles. The van der Waals surface area contributed by atoms with Crippen LogP contribution >= 0.6 is 11.6 Å². The molecule has 0 saturated carbocycles. The molecule has 0 spiro atoms. The van der Waals surface area contributed by atoms with Gasteiger partial charge in [-0.2, -0.15) is 0 Å². The highest BCUT2D eigenvalue weighted by molar-refractivity contribution is 6.31. The van der Waals surface area contributed by atoms with Gasteiger partial charge in [0.15, 0.2) is 0 Å². The zero-order valence-electron chi connectivity index (χ0n) is 10.2. The molecule has 0 aliphatic carbocycles. The van der Waals surface area contributed by atoms with E-state index in [4.69, 9.17) is 11.6 Å². The third-order valence-corrected chi connectivity index (χ3v) is 3.38.